The predicted octanol–water partition coefficient (Wildman–Crippen LogP) is 20.0. The monoisotopic (exact) mass is 1060 g/mol. The first kappa shape index (κ1) is 48.4. The minimum Gasteiger partial charge on any atom is -0.455 e. The van der Waals surface area contributed by atoms with Gasteiger partial charge in [-0.05, 0) is 152 Å². The molecule has 1 spiro atoms. The van der Waals surface area contributed by atoms with Crippen LogP contribution in [-0.2, 0) is 5.41 Å². The summed E-state index contributed by atoms with van der Waals surface area (Å²) in [6.07, 6.45) is -9.60. The summed E-state index contributed by atoms with van der Waals surface area (Å²) in [5, 5.41) is 2.04. The molecule has 0 saturated carbocycles. The Balaban J connectivity index is 0.994. The van der Waals surface area contributed by atoms with Crippen LogP contribution in [0.25, 0.3) is 66.4 Å². The molecule has 3 heterocycles. The number of hydrogen-bond donors (Lipinski definition) is 0. The molecule has 1 unspecified atom stereocenters. The predicted molar refractivity (Wildman–Crippen MR) is 304 cm³/mol. The normalized spacial score (nSPS) is 14.6. The molecule has 0 radical (unpaired) electrons. The summed E-state index contributed by atoms with van der Waals surface area (Å²) in [6, 6.07) is 83.0. The third-order valence-corrected chi connectivity index (χ3v) is 15.3. The number of benzene rings is 11. The second-order valence-electron chi connectivity index (χ2n) is 19.8. The molecule has 0 fully saturated rings. The van der Waals surface area contributed by atoms with Gasteiger partial charge >= 0.3 is 12.7 Å². The molecule has 1 atom stereocenters. The van der Waals surface area contributed by atoms with Crippen LogP contribution in [0.15, 0.2) is 259 Å². The van der Waals surface area contributed by atoms with Gasteiger partial charge in [-0.1, -0.05) is 164 Å². The summed E-state index contributed by atoms with van der Waals surface area (Å²) in [6.45, 7) is 0. The van der Waals surface area contributed by atoms with Crippen molar-refractivity contribution in [3.05, 3.63) is 277 Å². The van der Waals surface area contributed by atoms with Crippen molar-refractivity contribution in [3.63, 3.8) is 0 Å². The lowest BCUT2D eigenvalue weighted by molar-refractivity contribution is -0.275. The average Bonchev–Trinajstić information content (AvgIpc) is 1.46. The third-order valence-electron chi connectivity index (χ3n) is 15.3. The van der Waals surface area contributed by atoms with E-state index in [2.05, 4.69) is 141 Å². The molecule has 388 valence electrons. The van der Waals surface area contributed by atoms with Crippen molar-refractivity contribution in [1.82, 2.24) is 0 Å². The van der Waals surface area contributed by atoms with Crippen LogP contribution >= 0.6 is 0 Å². The second kappa shape index (κ2) is 18.6. The van der Waals surface area contributed by atoms with Crippen LogP contribution in [-0.4, -0.2) is 12.7 Å². The maximum atomic E-state index is 13.1. The third kappa shape index (κ3) is 8.19. The lowest BCUT2D eigenvalue weighted by Crippen LogP contribution is -2.42. The molecule has 0 bridgehead atoms. The highest BCUT2D eigenvalue weighted by molar-refractivity contribution is 6.10. The van der Waals surface area contributed by atoms with E-state index in [9.17, 15) is 26.3 Å². The van der Waals surface area contributed by atoms with Crippen LogP contribution in [0.4, 0.5) is 60.5 Å². The molecule has 0 N–H and O–H groups in total. The van der Waals surface area contributed by atoms with Crippen molar-refractivity contribution in [2.75, 3.05) is 9.80 Å². The standard InChI is InChI=1S/C69H42F6N2O3/c70-68(71,72)79-52-35-25-46(26-36-52)44-21-31-50(32-22-44)76-61-18-7-5-16-57(61)67(59-41-48(29-39-63(59)76)43-11-2-1-3-12-43)58-17-6-8-19-62(58)77(51-33-23-45(24-34-51)47-27-37-53(38-28-47)80-69(73,74)75)64-40-30-49(42-60(64)67)54-14-10-15-56-55-13-4-9-20-65(55)78-66(54)56/h1-42H. The number of furan rings is 1. The fourth-order valence-electron chi connectivity index (χ4n) is 12.0. The van der Waals surface area contributed by atoms with Crippen LogP contribution in [0, 0.1) is 0 Å². The molecule has 12 aromatic rings. The Kier molecular flexibility index (Phi) is 11.2. The van der Waals surface area contributed by atoms with Crippen LogP contribution in [0.1, 0.15) is 22.3 Å². The first-order chi connectivity index (χ1) is 38.9. The smallest absolute Gasteiger partial charge is 0.455 e. The molecule has 0 amide bonds. The van der Waals surface area contributed by atoms with Crippen LogP contribution < -0.4 is 19.3 Å². The van der Waals surface area contributed by atoms with Crippen molar-refractivity contribution >= 4 is 56.1 Å². The molecular formula is C69H42F6N2O3. The maximum Gasteiger partial charge on any atom is 0.573 e. The Labute approximate surface area is 455 Å². The molecule has 0 aliphatic carbocycles. The zero-order valence-corrected chi connectivity index (χ0v) is 42.1. The van der Waals surface area contributed by atoms with E-state index < -0.39 is 18.1 Å². The van der Waals surface area contributed by atoms with Gasteiger partial charge in [-0.3, -0.25) is 0 Å². The molecule has 5 nitrogen and oxygen atoms in total. The Bertz CT molecular complexity index is 4290. The van der Waals surface area contributed by atoms with Crippen molar-refractivity contribution < 1.29 is 40.2 Å². The number of anilines is 6. The van der Waals surface area contributed by atoms with Gasteiger partial charge in [0.05, 0.1) is 28.2 Å². The Morgan fingerprint density at radius 2 is 0.725 bits per heavy atom. The van der Waals surface area contributed by atoms with Gasteiger partial charge in [0.2, 0.25) is 0 Å². The van der Waals surface area contributed by atoms with E-state index >= 15 is 0 Å². The van der Waals surface area contributed by atoms with Crippen LogP contribution in [0.2, 0.25) is 0 Å². The topological polar surface area (TPSA) is 38.1 Å². The van der Waals surface area contributed by atoms with Gasteiger partial charge in [-0.25, -0.2) is 0 Å². The van der Waals surface area contributed by atoms with Gasteiger partial charge < -0.3 is 23.7 Å². The molecule has 1 aromatic heterocycles. The van der Waals surface area contributed by atoms with Gasteiger partial charge in [0.15, 0.2) is 0 Å². The Morgan fingerprint density at radius 1 is 0.325 bits per heavy atom. The SMILES string of the molecule is FC(F)(F)Oc1ccc(-c2ccc(N3c4ccccc4C4(c5ccccc5N(c5ccc(-c6ccc(OC(F)(F)F)cc6)cc5)c5ccc(-c6cccc7c6oc6ccccc67)cc54)c4cc(-c5ccccc5)ccc43)cc2)cc1. The van der Waals surface area contributed by atoms with E-state index in [4.69, 9.17) is 4.42 Å². The number of ether oxygens (including phenoxy) is 2. The summed E-state index contributed by atoms with van der Waals surface area (Å²) in [5.41, 5.74) is 17.3. The summed E-state index contributed by atoms with van der Waals surface area (Å²) in [4.78, 5) is 4.59. The zero-order valence-electron chi connectivity index (χ0n) is 42.1. The first-order valence-corrected chi connectivity index (χ1v) is 25.8. The number of para-hydroxylation sites is 4. The van der Waals surface area contributed by atoms with E-state index in [1.54, 1.807) is 24.3 Å². The van der Waals surface area contributed by atoms with E-state index in [0.717, 1.165) is 123 Å². The maximum absolute atomic E-state index is 13.1. The van der Waals surface area contributed by atoms with Crippen molar-refractivity contribution in [3.8, 4) is 56.0 Å². The Hall–Kier alpha value is -10.0. The summed E-state index contributed by atoms with van der Waals surface area (Å²) >= 11 is 0. The van der Waals surface area contributed by atoms with Gasteiger partial charge in [-0.15, -0.1) is 26.3 Å². The highest BCUT2D eigenvalue weighted by Gasteiger charge is 2.52. The lowest BCUT2D eigenvalue weighted by Gasteiger charge is -2.51. The molecule has 11 heteroatoms. The molecule has 2 aliphatic heterocycles. The van der Waals surface area contributed by atoms with Crippen LogP contribution in [0.5, 0.6) is 11.5 Å². The molecular weight excluding hydrogens is 1020 g/mol. The van der Waals surface area contributed by atoms with Crippen molar-refractivity contribution in [1.29, 1.82) is 0 Å². The van der Waals surface area contributed by atoms with E-state index in [0.29, 0.717) is 0 Å². The summed E-state index contributed by atoms with van der Waals surface area (Å²) in [5.74, 6) is -0.586. The lowest BCUT2D eigenvalue weighted by atomic mass is 9.59. The second-order valence-corrected chi connectivity index (χ2v) is 19.8. The largest absolute Gasteiger partial charge is 0.573 e. The Morgan fingerprint density at radius 3 is 1.25 bits per heavy atom. The zero-order chi connectivity index (χ0) is 54.3. The molecule has 0 saturated heterocycles. The number of rotatable bonds is 8. The fourth-order valence-corrected chi connectivity index (χ4v) is 12.0. The highest BCUT2D eigenvalue weighted by Crippen LogP contribution is 2.65. The van der Waals surface area contributed by atoms with Gasteiger partial charge in [0.1, 0.15) is 22.7 Å². The van der Waals surface area contributed by atoms with E-state index in [1.165, 1.54) is 24.3 Å². The van der Waals surface area contributed by atoms with Crippen LogP contribution in [0.3, 0.4) is 0 Å². The van der Waals surface area contributed by atoms with Gasteiger partial charge in [0.25, 0.3) is 0 Å². The fraction of sp³-hybridized carbons (Fsp3) is 0.0435. The molecule has 2 aliphatic rings. The number of fused-ring (bicyclic) bond motifs is 11. The van der Waals surface area contributed by atoms with E-state index in [1.807, 2.05) is 84.9 Å². The minimum atomic E-state index is -4.80. The summed E-state index contributed by atoms with van der Waals surface area (Å²) < 4.78 is 93.5. The average molecular weight is 1060 g/mol. The summed E-state index contributed by atoms with van der Waals surface area (Å²) in [7, 11) is 0. The van der Waals surface area contributed by atoms with Gasteiger partial charge in [-0.2, -0.15) is 0 Å². The first-order valence-electron chi connectivity index (χ1n) is 25.8. The molecule has 14 rings (SSSR count). The minimum absolute atomic E-state index is 0.292. The molecule has 80 heavy (non-hydrogen) atoms. The van der Waals surface area contributed by atoms with Gasteiger partial charge in [0, 0.05) is 27.7 Å². The van der Waals surface area contributed by atoms with E-state index in [-0.39, 0.29) is 11.5 Å². The van der Waals surface area contributed by atoms with Crippen molar-refractivity contribution in [2.45, 2.75) is 18.1 Å². The number of nitrogens with zero attached hydrogens (tertiary/aromatic N) is 2. The molecule has 11 aromatic carbocycles. The highest BCUT2D eigenvalue weighted by atomic mass is 19.4. The van der Waals surface area contributed by atoms with Crippen molar-refractivity contribution in [2.24, 2.45) is 0 Å². The number of alkyl halides is 6. The number of hydrogen-bond acceptors (Lipinski definition) is 5. The number of halogens is 6. The quantitative estimate of drug-likeness (QED) is 0.142.